The number of anilines is 1. The van der Waals surface area contributed by atoms with Gasteiger partial charge >= 0.3 is 12.0 Å². The van der Waals surface area contributed by atoms with E-state index in [0.717, 1.165) is 12.0 Å². The number of carbonyl (C=O) groups excluding carboxylic acids is 1. The second kappa shape index (κ2) is 7.33. The summed E-state index contributed by atoms with van der Waals surface area (Å²) in [7, 11) is 0. The zero-order chi connectivity index (χ0) is 15.1. The van der Waals surface area contributed by atoms with Crippen molar-refractivity contribution in [2.75, 3.05) is 18.4 Å². The number of hydrogen-bond acceptors (Lipinski definition) is 2. The maximum Gasteiger partial charge on any atom is 0.337 e. The third-order valence-corrected chi connectivity index (χ3v) is 2.78. The predicted octanol–water partition coefficient (Wildman–Crippen LogP) is 3.12. The molecular formula is C15H20N2O3. The van der Waals surface area contributed by atoms with Gasteiger partial charge < -0.3 is 15.3 Å². The molecule has 0 bridgehead atoms. The van der Waals surface area contributed by atoms with Crippen LogP contribution in [0.25, 0.3) is 0 Å². The lowest BCUT2D eigenvalue weighted by Crippen LogP contribution is -2.36. The minimum atomic E-state index is -1.06. The van der Waals surface area contributed by atoms with E-state index in [4.69, 9.17) is 5.11 Å². The van der Waals surface area contributed by atoms with Crippen molar-refractivity contribution in [2.24, 2.45) is 0 Å². The molecule has 0 aromatic heterocycles. The summed E-state index contributed by atoms with van der Waals surface area (Å²) in [6.45, 7) is 8.40. The minimum Gasteiger partial charge on any atom is -0.478 e. The van der Waals surface area contributed by atoms with Crippen molar-refractivity contribution in [3.63, 3.8) is 0 Å². The van der Waals surface area contributed by atoms with Crippen LogP contribution in [0.4, 0.5) is 10.5 Å². The van der Waals surface area contributed by atoms with Crippen LogP contribution >= 0.6 is 0 Å². The van der Waals surface area contributed by atoms with Crippen molar-refractivity contribution in [3.05, 3.63) is 42.0 Å². The topological polar surface area (TPSA) is 69.6 Å². The second-order valence-electron chi connectivity index (χ2n) is 4.52. The number of nitrogens with zero attached hydrogens (tertiary/aromatic N) is 1. The summed E-state index contributed by atoms with van der Waals surface area (Å²) in [6, 6.07) is 4.59. The van der Waals surface area contributed by atoms with Crippen LogP contribution in [-0.4, -0.2) is 35.1 Å². The Kier molecular flexibility index (Phi) is 5.77. The second-order valence-corrected chi connectivity index (χ2v) is 4.52. The van der Waals surface area contributed by atoms with Crippen LogP contribution in [0.15, 0.2) is 30.9 Å². The third kappa shape index (κ3) is 4.12. The van der Waals surface area contributed by atoms with Gasteiger partial charge in [-0.3, -0.25) is 0 Å². The van der Waals surface area contributed by atoms with E-state index in [1.807, 2.05) is 6.92 Å². The third-order valence-electron chi connectivity index (χ3n) is 2.78. The summed E-state index contributed by atoms with van der Waals surface area (Å²) in [5, 5.41) is 11.8. The molecule has 0 unspecified atom stereocenters. The fourth-order valence-corrected chi connectivity index (χ4v) is 1.84. The van der Waals surface area contributed by atoms with E-state index in [0.29, 0.717) is 18.8 Å². The average molecular weight is 276 g/mol. The SMILES string of the molecule is C=CCN(CCC)C(=O)Nc1ccc(C)cc1C(=O)O. The summed E-state index contributed by atoms with van der Waals surface area (Å²) in [4.78, 5) is 24.9. The van der Waals surface area contributed by atoms with E-state index in [1.165, 1.54) is 6.07 Å². The number of hydrogen-bond donors (Lipinski definition) is 2. The van der Waals surface area contributed by atoms with Crippen molar-refractivity contribution in [1.82, 2.24) is 4.90 Å². The van der Waals surface area contributed by atoms with Gasteiger partial charge in [0.15, 0.2) is 0 Å². The lowest BCUT2D eigenvalue weighted by molar-refractivity contribution is 0.0698. The Balaban J connectivity index is 2.94. The molecule has 0 saturated heterocycles. The summed E-state index contributed by atoms with van der Waals surface area (Å²) in [6.07, 6.45) is 2.46. The Bertz CT molecular complexity index is 512. The maximum absolute atomic E-state index is 12.1. The zero-order valence-electron chi connectivity index (χ0n) is 11.8. The van der Waals surface area contributed by atoms with Crippen molar-refractivity contribution in [1.29, 1.82) is 0 Å². The highest BCUT2D eigenvalue weighted by atomic mass is 16.4. The smallest absolute Gasteiger partial charge is 0.337 e. The van der Waals surface area contributed by atoms with Crippen LogP contribution in [0.5, 0.6) is 0 Å². The molecule has 0 heterocycles. The first-order valence-electron chi connectivity index (χ1n) is 6.50. The molecule has 1 aromatic carbocycles. The fourth-order valence-electron chi connectivity index (χ4n) is 1.84. The van der Waals surface area contributed by atoms with Crippen molar-refractivity contribution >= 4 is 17.7 Å². The number of aromatic carboxylic acids is 1. The van der Waals surface area contributed by atoms with Gasteiger partial charge in [-0.2, -0.15) is 0 Å². The predicted molar refractivity (Wildman–Crippen MR) is 79.2 cm³/mol. The number of urea groups is 1. The number of carboxylic acids is 1. The van der Waals surface area contributed by atoms with E-state index in [1.54, 1.807) is 30.0 Å². The average Bonchev–Trinajstić information content (AvgIpc) is 2.40. The largest absolute Gasteiger partial charge is 0.478 e. The van der Waals surface area contributed by atoms with Crippen LogP contribution in [0.1, 0.15) is 29.3 Å². The number of carboxylic acid groups (broad SMARTS) is 1. The van der Waals surface area contributed by atoms with E-state index in [9.17, 15) is 9.59 Å². The molecule has 0 aliphatic heterocycles. The van der Waals surface area contributed by atoms with Gasteiger partial charge in [-0.1, -0.05) is 24.6 Å². The van der Waals surface area contributed by atoms with Crippen molar-refractivity contribution < 1.29 is 14.7 Å². The number of aryl methyl sites for hydroxylation is 1. The molecule has 0 atom stereocenters. The van der Waals surface area contributed by atoms with Crippen LogP contribution in [0.3, 0.4) is 0 Å². The van der Waals surface area contributed by atoms with Crippen LogP contribution in [0, 0.1) is 6.92 Å². The molecule has 0 spiro atoms. The van der Waals surface area contributed by atoms with Crippen LogP contribution in [0.2, 0.25) is 0 Å². The molecule has 1 aromatic rings. The Morgan fingerprint density at radius 2 is 2.15 bits per heavy atom. The van der Waals surface area contributed by atoms with Crippen LogP contribution < -0.4 is 5.32 Å². The standard InChI is InChI=1S/C15H20N2O3/c1-4-8-17(9-5-2)15(20)16-13-7-6-11(3)10-12(13)14(18)19/h4,6-7,10H,1,5,8-9H2,2-3H3,(H,16,20)(H,18,19). The number of rotatable bonds is 6. The highest BCUT2D eigenvalue weighted by Crippen LogP contribution is 2.18. The Hall–Kier alpha value is -2.30. The quantitative estimate of drug-likeness (QED) is 0.784. The summed E-state index contributed by atoms with van der Waals surface area (Å²) in [5.41, 5.74) is 1.23. The van der Waals surface area contributed by atoms with Gasteiger partial charge in [-0.25, -0.2) is 9.59 Å². The summed E-state index contributed by atoms with van der Waals surface area (Å²) >= 11 is 0. The molecule has 0 aliphatic rings. The molecule has 5 heteroatoms. The van der Waals surface area contributed by atoms with Crippen molar-refractivity contribution in [3.8, 4) is 0 Å². The fraction of sp³-hybridized carbons (Fsp3) is 0.333. The monoisotopic (exact) mass is 276 g/mol. The first-order valence-corrected chi connectivity index (χ1v) is 6.50. The van der Waals surface area contributed by atoms with E-state index < -0.39 is 5.97 Å². The highest BCUT2D eigenvalue weighted by molar-refractivity contribution is 6.00. The van der Waals surface area contributed by atoms with E-state index in [-0.39, 0.29) is 11.6 Å². The molecule has 0 aliphatic carbocycles. The number of benzene rings is 1. The number of nitrogens with one attached hydrogen (secondary N) is 1. The van der Waals surface area contributed by atoms with Crippen LogP contribution in [-0.2, 0) is 0 Å². The Morgan fingerprint density at radius 1 is 1.45 bits per heavy atom. The van der Waals surface area contributed by atoms with Gasteiger partial charge in [0.25, 0.3) is 0 Å². The van der Waals surface area contributed by atoms with Gasteiger partial charge in [-0.15, -0.1) is 6.58 Å². The van der Waals surface area contributed by atoms with Crippen molar-refractivity contribution in [2.45, 2.75) is 20.3 Å². The molecule has 1 rings (SSSR count). The zero-order valence-corrected chi connectivity index (χ0v) is 11.8. The van der Waals surface area contributed by atoms with E-state index >= 15 is 0 Å². The lowest BCUT2D eigenvalue weighted by Gasteiger charge is -2.21. The molecule has 108 valence electrons. The first kappa shape index (κ1) is 15.8. The van der Waals surface area contributed by atoms with Gasteiger partial charge in [0, 0.05) is 13.1 Å². The number of carbonyl (C=O) groups is 2. The van der Waals surface area contributed by atoms with Gasteiger partial charge in [0.1, 0.15) is 0 Å². The number of amides is 2. The molecule has 20 heavy (non-hydrogen) atoms. The minimum absolute atomic E-state index is 0.0911. The molecule has 0 radical (unpaired) electrons. The molecule has 0 fully saturated rings. The van der Waals surface area contributed by atoms with Gasteiger partial charge in [0.05, 0.1) is 11.3 Å². The highest BCUT2D eigenvalue weighted by Gasteiger charge is 2.16. The summed E-state index contributed by atoms with van der Waals surface area (Å²) in [5.74, 6) is -1.06. The lowest BCUT2D eigenvalue weighted by atomic mass is 10.1. The van der Waals surface area contributed by atoms with Gasteiger partial charge in [-0.05, 0) is 25.5 Å². The van der Waals surface area contributed by atoms with Gasteiger partial charge in [0.2, 0.25) is 0 Å². The molecule has 0 saturated carbocycles. The Labute approximate surface area is 118 Å². The maximum atomic E-state index is 12.1. The molecule has 2 amide bonds. The normalized spacial score (nSPS) is 9.90. The Morgan fingerprint density at radius 3 is 2.70 bits per heavy atom. The molecular weight excluding hydrogens is 256 g/mol. The molecule has 2 N–H and O–H groups in total. The summed E-state index contributed by atoms with van der Waals surface area (Å²) < 4.78 is 0. The van der Waals surface area contributed by atoms with E-state index in [2.05, 4.69) is 11.9 Å². The first-order chi connectivity index (χ1) is 9.49. The molecule has 5 nitrogen and oxygen atoms in total.